The van der Waals surface area contributed by atoms with E-state index in [9.17, 15) is 4.79 Å². The Morgan fingerprint density at radius 2 is 2.38 bits per heavy atom. The third-order valence-corrected chi connectivity index (χ3v) is 4.26. The summed E-state index contributed by atoms with van der Waals surface area (Å²) < 4.78 is 0.658. The zero-order valence-electron chi connectivity index (χ0n) is 9.15. The Labute approximate surface area is 104 Å². The zero-order valence-corrected chi connectivity index (χ0v) is 10.7. The van der Waals surface area contributed by atoms with Gasteiger partial charge in [-0.25, -0.2) is 0 Å². The van der Waals surface area contributed by atoms with Crippen LogP contribution in [0.4, 0.5) is 0 Å². The first kappa shape index (κ1) is 11.9. The minimum atomic E-state index is 0.0793. The lowest BCUT2D eigenvalue weighted by Crippen LogP contribution is -2.48. The maximum Gasteiger partial charge on any atom is 0.263 e. The molecule has 1 aromatic heterocycles. The molecule has 0 aromatic carbocycles. The van der Waals surface area contributed by atoms with Gasteiger partial charge in [-0.1, -0.05) is 18.5 Å². The summed E-state index contributed by atoms with van der Waals surface area (Å²) in [6, 6.07) is 3.77. The number of amides is 1. The summed E-state index contributed by atoms with van der Waals surface area (Å²) in [4.78, 5) is 14.7. The molecule has 1 saturated heterocycles. The van der Waals surface area contributed by atoms with E-state index in [0.29, 0.717) is 15.1 Å². The van der Waals surface area contributed by atoms with Crippen LogP contribution in [0, 0.1) is 5.92 Å². The van der Waals surface area contributed by atoms with Gasteiger partial charge in [-0.2, -0.15) is 0 Å². The summed E-state index contributed by atoms with van der Waals surface area (Å²) in [6.45, 7) is 3.58. The molecule has 1 fully saturated rings. The van der Waals surface area contributed by atoms with Gasteiger partial charge in [-0.3, -0.25) is 4.79 Å². The van der Waals surface area contributed by atoms with Crippen LogP contribution in [0.3, 0.4) is 0 Å². The molecule has 2 N–H and O–H groups in total. The highest BCUT2D eigenvalue weighted by Gasteiger charge is 2.27. The third-order valence-electron chi connectivity index (χ3n) is 3.04. The van der Waals surface area contributed by atoms with Gasteiger partial charge in [0.05, 0.1) is 9.21 Å². The highest BCUT2D eigenvalue weighted by atomic mass is 35.5. The molecule has 0 bridgehead atoms. The van der Waals surface area contributed by atoms with Crippen molar-refractivity contribution < 1.29 is 4.79 Å². The van der Waals surface area contributed by atoms with Crippen molar-refractivity contribution >= 4 is 28.8 Å². The van der Waals surface area contributed by atoms with Crippen molar-refractivity contribution in [3.63, 3.8) is 0 Å². The quantitative estimate of drug-likeness (QED) is 0.840. The van der Waals surface area contributed by atoms with E-state index in [2.05, 4.69) is 6.92 Å². The molecular formula is C11H15ClN2OS. The molecule has 1 amide bonds. The van der Waals surface area contributed by atoms with Crippen LogP contribution in [-0.4, -0.2) is 29.9 Å². The standard InChI is InChI=1S/C11H15ClN2OS/c1-7-6-14(5-4-8(7)13)11(15)9-2-3-10(12)16-9/h2-3,7-8H,4-6,13H2,1H3. The molecule has 16 heavy (non-hydrogen) atoms. The highest BCUT2D eigenvalue weighted by molar-refractivity contribution is 7.17. The van der Waals surface area contributed by atoms with Crippen molar-refractivity contribution in [2.75, 3.05) is 13.1 Å². The molecule has 0 aliphatic carbocycles. The number of thiophene rings is 1. The molecule has 2 rings (SSSR count). The number of piperidine rings is 1. The number of halogens is 1. The minimum absolute atomic E-state index is 0.0793. The maximum atomic E-state index is 12.1. The van der Waals surface area contributed by atoms with Gasteiger partial charge < -0.3 is 10.6 Å². The molecule has 2 atom stereocenters. The molecule has 88 valence electrons. The van der Waals surface area contributed by atoms with Gasteiger partial charge in [0.1, 0.15) is 0 Å². The van der Waals surface area contributed by atoms with Crippen LogP contribution >= 0.6 is 22.9 Å². The molecular weight excluding hydrogens is 244 g/mol. The largest absolute Gasteiger partial charge is 0.338 e. The second-order valence-corrected chi connectivity index (χ2v) is 6.00. The van der Waals surface area contributed by atoms with Crippen LogP contribution in [0.2, 0.25) is 4.34 Å². The number of carbonyl (C=O) groups is 1. The first-order chi connectivity index (χ1) is 7.58. The Morgan fingerprint density at radius 3 is 2.94 bits per heavy atom. The highest BCUT2D eigenvalue weighted by Crippen LogP contribution is 2.24. The van der Waals surface area contributed by atoms with Crippen LogP contribution in [0.1, 0.15) is 23.0 Å². The Morgan fingerprint density at radius 1 is 1.62 bits per heavy atom. The molecule has 2 unspecified atom stereocenters. The molecule has 0 spiro atoms. The van der Waals surface area contributed by atoms with Gasteiger partial charge in [0.2, 0.25) is 0 Å². The van der Waals surface area contributed by atoms with Gasteiger partial charge in [-0.05, 0) is 24.5 Å². The average molecular weight is 259 g/mol. The monoisotopic (exact) mass is 258 g/mol. The first-order valence-corrected chi connectivity index (χ1v) is 6.57. The summed E-state index contributed by atoms with van der Waals surface area (Å²) in [5.74, 6) is 0.448. The summed E-state index contributed by atoms with van der Waals surface area (Å²) in [5, 5.41) is 0. The average Bonchev–Trinajstić information content (AvgIpc) is 2.68. The molecule has 0 radical (unpaired) electrons. The second-order valence-electron chi connectivity index (χ2n) is 4.28. The molecule has 2 heterocycles. The fourth-order valence-electron chi connectivity index (χ4n) is 1.93. The molecule has 3 nitrogen and oxygen atoms in total. The van der Waals surface area contributed by atoms with Crippen molar-refractivity contribution in [3.8, 4) is 0 Å². The van der Waals surface area contributed by atoms with Gasteiger partial charge in [0.15, 0.2) is 0 Å². The van der Waals surface area contributed by atoms with Gasteiger partial charge in [-0.15, -0.1) is 11.3 Å². The van der Waals surface area contributed by atoms with E-state index in [1.165, 1.54) is 11.3 Å². The van der Waals surface area contributed by atoms with Gasteiger partial charge in [0.25, 0.3) is 5.91 Å². The summed E-state index contributed by atoms with van der Waals surface area (Å²) in [6.07, 6.45) is 0.881. The lowest BCUT2D eigenvalue weighted by molar-refractivity contribution is 0.0669. The van der Waals surface area contributed by atoms with E-state index < -0.39 is 0 Å². The lowest BCUT2D eigenvalue weighted by Gasteiger charge is -2.34. The van der Waals surface area contributed by atoms with Crippen molar-refractivity contribution in [2.24, 2.45) is 11.7 Å². The number of hydrogen-bond acceptors (Lipinski definition) is 3. The number of nitrogens with zero attached hydrogens (tertiary/aromatic N) is 1. The van der Waals surface area contributed by atoms with Crippen molar-refractivity contribution in [1.82, 2.24) is 4.90 Å². The molecule has 5 heteroatoms. The number of carbonyl (C=O) groups excluding carboxylic acids is 1. The Kier molecular flexibility index (Phi) is 3.52. The second kappa shape index (κ2) is 4.73. The predicted octanol–water partition coefficient (Wildman–Crippen LogP) is 2.21. The van der Waals surface area contributed by atoms with E-state index >= 15 is 0 Å². The first-order valence-electron chi connectivity index (χ1n) is 5.38. The van der Waals surface area contributed by atoms with Crippen molar-refractivity contribution in [1.29, 1.82) is 0 Å². The van der Waals surface area contributed by atoms with Crippen LogP contribution in [0.15, 0.2) is 12.1 Å². The molecule has 1 aliphatic heterocycles. The van der Waals surface area contributed by atoms with E-state index in [1.54, 1.807) is 12.1 Å². The van der Waals surface area contributed by atoms with E-state index in [4.69, 9.17) is 17.3 Å². The SMILES string of the molecule is CC1CN(C(=O)c2ccc(Cl)s2)CCC1N. The summed E-state index contributed by atoms with van der Waals surface area (Å²) in [7, 11) is 0. The Balaban J connectivity index is 2.06. The topological polar surface area (TPSA) is 46.3 Å². The number of nitrogens with two attached hydrogens (primary N) is 1. The summed E-state index contributed by atoms with van der Waals surface area (Å²) in [5.41, 5.74) is 5.93. The Hall–Kier alpha value is -0.580. The number of rotatable bonds is 1. The molecule has 1 aromatic rings. The molecule has 1 aliphatic rings. The smallest absolute Gasteiger partial charge is 0.263 e. The van der Waals surface area contributed by atoms with Crippen LogP contribution in [0.25, 0.3) is 0 Å². The fourth-order valence-corrected chi connectivity index (χ4v) is 2.94. The number of hydrogen-bond donors (Lipinski definition) is 1. The van der Waals surface area contributed by atoms with Crippen LogP contribution in [-0.2, 0) is 0 Å². The zero-order chi connectivity index (χ0) is 11.7. The Bertz CT molecular complexity index is 393. The molecule has 0 saturated carbocycles. The van der Waals surface area contributed by atoms with Crippen molar-refractivity contribution in [3.05, 3.63) is 21.3 Å². The lowest BCUT2D eigenvalue weighted by atomic mass is 9.95. The van der Waals surface area contributed by atoms with Gasteiger partial charge >= 0.3 is 0 Å². The predicted molar refractivity (Wildman–Crippen MR) is 67.0 cm³/mol. The van der Waals surface area contributed by atoms with E-state index in [0.717, 1.165) is 19.5 Å². The van der Waals surface area contributed by atoms with Crippen molar-refractivity contribution in [2.45, 2.75) is 19.4 Å². The normalized spacial score (nSPS) is 25.8. The van der Waals surface area contributed by atoms with E-state index in [1.807, 2.05) is 4.90 Å². The van der Waals surface area contributed by atoms with Crippen LogP contribution in [0.5, 0.6) is 0 Å². The third kappa shape index (κ3) is 2.39. The minimum Gasteiger partial charge on any atom is -0.338 e. The number of likely N-dealkylation sites (tertiary alicyclic amines) is 1. The summed E-state index contributed by atoms with van der Waals surface area (Å²) >= 11 is 7.16. The fraction of sp³-hybridized carbons (Fsp3) is 0.545. The van der Waals surface area contributed by atoms with Crippen LogP contribution < -0.4 is 5.73 Å². The van der Waals surface area contributed by atoms with Gasteiger partial charge in [0, 0.05) is 19.1 Å². The van der Waals surface area contributed by atoms with E-state index in [-0.39, 0.29) is 11.9 Å². The maximum absolute atomic E-state index is 12.1.